The minimum absolute atomic E-state index is 0.0887. The number of carbonyl (C=O) groups excluding carboxylic acids is 2. The normalized spacial score (nSPS) is 14.9. The van der Waals surface area contributed by atoms with Gasteiger partial charge in [-0.15, -0.1) is 0 Å². The zero-order valence-electron chi connectivity index (χ0n) is 11.8. The molecule has 0 amide bonds. The monoisotopic (exact) mass is 309 g/mol. The first kappa shape index (κ1) is 14.8. The number of benzene rings is 2. The van der Waals surface area contributed by atoms with Gasteiger partial charge in [0.15, 0.2) is 11.6 Å². The van der Waals surface area contributed by atoms with Crippen molar-refractivity contribution < 1.29 is 19.6 Å². The number of Topliss-reactive ketones (excluding diaryl/α,β-unsaturated/α-hetero) is 1. The highest BCUT2D eigenvalue weighted by atomic mass is 16.6. The lowest BCUT2D eigenvalue weighted by Gasteiger charge is -2.19. The number of ketones is 2. The lowest BCUT2D eigenvalue weighted by atomic mass is 9.85. The third-order valence-corrected chi connectivity index (χ3v) is 3.68. The van der Waals surface area contributed by atoms with Crippen LogP contribution in [0.2, 0.25) is 0 Å². The second-order valence-corrected chi connectivity index (χ2v) is 5.09. The fourth-order valence-electron chi connectivity index (χ4n) is 2.53. The number of carbonyl (C=O) groups is 2. The van der Waals surface area contributed by atoms with E-state index < -0.39 is 16.8 Å². The summed E-state index contributed by atoms with van der Waals surface area (Å²) in [7, 11) is 0. The number of aliphatic hydroxyl groups is 1. The molecule has 23 heavy (non-hydrogen) atoms. The van der Waals surface area contributed by atoms with Gasteiger partial charge in [0.05, 0.1) is 4.92 Å². The summed E-state index contributed by atoms with van der Waals surface area (Å²) in [6.45, 7) is 0. The molecule has 114 valence electrons. The van der Waals surface area contributed by atoms with Crippen molar-refractivity contribution >= 4 is 17.3 Å². The smallest absolute Gasteiger partial charge is 0.269 e. The van der Waals surface area contributed by atoms with Gasteiger partial charge in [0.1, 0.15) is 6.10 Å². The lowest BCUT2D eigenvalue weighted by molar-refractivity contribution is -0.385. The number of rotatable bonds is 3. The predicted molar refractivity (Wildman–Crippen MR) is 81.2 cm³/mol. The second kappa shape index (κ2) is 5.58. The van der Waals surface area contributed by atoms with E-state index in [4.69, 9.17) is 0 Å². The molecule has 0 radical (unpaired) electrons. The van der Waals surface area contributed by atoms with Gasteiger partial charge < -0.3 is 5.11 Å². The summed E-state index contributed by atoms with van der Waals surface area (Å²) >= 11 is 0. The minimum Gasteiger partial charge on any atom is -0.384 e. The van der Waals surface area contributed by atoms with Gasteiger partial charge in [-0.3, -0.25) is 19.7 Å². The molecule has 1 N–H and O–H groups in total. The Bertz CT molecular complexity index is 869. The van der Waals surface area contributed by atoms with E-state index in [0.29, 0.717) is 0 Å². The molecule has 1 unspecified atom stereocenters. The molecular weight excluding hydrogens is 298 g/mol. The number of nitro benzene ring substituents is 1. The van der Waals surface area contributed by atoms with E-state index in [1.54, 1.807) is 18.2 Å². The SMILES string of the molecule is O=C1C=C(C(O)c2cccc([N+](=O)[O-])c2)C(=O)c2ccccc21. The molecule has 6 heteroatoms. The Kier molecular flexibility index (Phi) is 3.59. The molecule has 2 aromatic carbocycles. The van der Waals surface area contributed by atoms with Crippen molar-refractivity contribution in [3.8, 4) is 0 Å². The van der Waals surface area contributed by atoms with Gasteiger partial charge in [-0.1, -0.05) is 36.4 Å². The van der Waals surface area contributed by atoms with E-state index in [2.05, 4.69) is 0 Å². The molecule has 0 aromatic heterocycles. The quantitative estimate of drug-likeness (QED) is 0.694. The summed E-state index contributed by atoms with van der Waals surface area (Å²) in [5.74, 6) is -0.834. The van der Waals surface area contributed by atoms with Crippen molar-refractivity contribution in [2.75, 3.05) is 0 Å². The first-order valence-corrected chi connectivity index (χ1v) is 6.81. The third kappa shape index (κ3) is 2.56. The van der Waals surface area contributed by atoms with Crippen LogP contribution in [0.3, 0.4) is 0 Å². The summed E-state index contributed by atoms with van der Waals surface area (Å²) in [5.41, 5.74) is 0.407. The van der Waals surface area contributed by atoms with Crippen LogP contribution in [0.15, 0.2) is 60.2 Å². The van der Waals surface area contributed by atoms with Gasteiger partial charge in [0, 0.05) is 28.8 Å². The average Bonchev–Trinajstić information content (AvgIpc) is 2.57. The summed E-state index contributed by atoms with van der Waals surface area (Å²) in [6.07, 6.45) is -0.312. The van der Waals surface area contributed by atoms with Crippen LogP contribution < -0.4 is 0 Å². The number of hydrogen-bond donors (Lipinski definition) is 1. The lowest BCUT2D eigenvalue weighted by Crippen LogP contribution is -2.21. The molecule has 1 aliphatic rings. The standard InChI is InChI=1S/C17H11NO5/c19-15-9-14(17(21)13-7-2-1-6-12(13)15)16(20)10-4-3-5-11(8-10)18(22)23/h1-9,16,20H. The number of fused-ring (bicyclic) bond motifs is 1. The average molecular weight is 309 g/mol. The molecule has 0 heterocycles. The number of non-ortho nitro benzene ring substituents is 1. The summed E-state index contributed by atoms with van der Waals surface area (Å²) < 4.78 is 0. The molecule has 0 bridgehead atoms. The van der Waals surface area contributed by atoms with Crippen LogP contribution in [0.1, 0.15) is 32.4 Å². The largest absolute Gasteiger partial charge is 0.384 e. The Morgan fingerprint density at radius 2 is 1.70 bits per heavy atom. The van der Waals surface area contributed by atoms with E-state index >= 15 is 0 Å². The number of allylic oxidation sites excluding steroid dienone is 1. The summed E-state index contributed by atoms with van der Waals surface area (Å²) in [4.78, 5) is 34.8. The molecule has 6 nitrogen and oxygen atoms in total. The van der Waals surface area contributed by atoms with Crippen molar-refractivity contribution in [3.63, 3.8) is 0 Å². The van der Waals surface area contributed by atoms with Gasteiger partial charge in [-0.2, -0.15) is 0 Å². The predicted octanol–water partition coefficient (Wildman–Crippen LogP) is 2.63. The van der Waals surface area contributed by atoms with E-state index in [-0.39, 0.29) is 33.7 Å². The fraction of sp³-hybridized carbons (Fsp3) is 0.0588. The highest BCUT2D eigenvalue weighted by Gasteiger charge is 2.30. The highest BCUT2D eigenvalue weighted by Crippen LogP contribution is 2.31. The van der Waals surface area contributed by atoms with Gasteiger partial charge >= 0.3 is 0 Å². The van der Waals surface area contributed by atoms with Gasteiger partial charge in [0.2, 0.25) is 0 Å². The van der Waals surface area contributed by atoms with Crippen LogP contribution in [0.25, 0.3) is 0 Å². The molecule has 0 saturated heterocycles. The molecule has 0 aliphatic heterocycles. The van der Waals surface area contributed by atoms with Crippen molar-refractivity contribution in [2.45, 2.75) is 6.10 Å². The van der Waals surface area contributed by atoms with Gasteiger partial charge in [-0.05, 0) is 11.6 Å². The molecule has 1 aliphatic carbocycles. The number of aliphatic hydroxyl groups excluding tert-OH is 1. The minimum atomic E-state index is -1.40. The van der Waals surface area contributed by atoms with Gasteiger partial charge in [-0.25, -0.2) is 0 Å². The first-order valence-electron chi connectivity index (χ1n) is 6.81. The molecule has 1 atom stereocenters. The van der Waals surface area contributed by atoms with Crippen LogP contribution in [-0.4, -0.2) is 21.6 Å². The number of hydrogen-bond acceptors (Lipinski definition) is 5. The van der Waals surface area contributed by atoms with Gasteiger partial charge in [0.25, 0.3) is 5.69 Å². The Morgan fingerprint density at radius 1 is 1.00 bits per heavy atom. The van der Waals surface area contributed by atoms with Crippen molar-refractivity contribution in [2.24, 2.45) is 0 Å². The maximum Gasteiger partial charge on any atom is 0.269 e. The molecular formula is C17H11NO5. The molecule has 0 saturated carbocycles. The number of nitrogens with zero attached hydrogens (tertiary/aromatic N) is 1. The van der Waals surface area contributed by atoms with Crippen molar-refractivity contribution in [3.05, 3.63) is 87.0 Å². The Morgan fingerprint density at radius 3 is 2.39 bits per heavy atom. The maximum atomic E-state index is 12.5. The van der Waals surface area contributed by atoms with Crippen LogP contribution in [0, 0.1) is 10.1 Å². The Hall–Kier alpha value is -3.12. The topological polar surface area (TPSA) is 97.5 Å². The zero-order valence-corrected chi connectivity index (χ0v) is 11.8. The zero-order chi connectivity index (χ0) is 16.6. The summed E-state index contributed by atoms with van der Waals surface area (Å²) in [6, 6.07) is 11.7. The second-order valence-electron chi connectivity index (χ2n) is 5.09. The van der Waals surface area contributed by atoms with E-state index in [9.17, 15) is 24.8 Å². The van der Waals surface area contributed by atoms with Crippen LogP contribution in [-0.2, 0) is 0 Å². The van der Waals surface area contributed by atoms with Crippen LogP contribution in [0.4, 0.5) is 5.69 Å². The molecule has 3 rings (SSSR count). The van der Waals surface area contributed by atoms with Crippen molar-refractivity contribution in [1.29, 1.82) is 0 Å². The van der Waals surface area contributed by atoms with E-state index in [0.717, 1.165) is 6.08 Å². The maximum absolute atomic E-state index is 12.5. The molecule has 0 fully saturated rings. The fourth-order valence-corrected chi connectivity index (χ4v) is 2.53. The van der Waals surface area contributed by atoms with Crippen LogP contribution >= 0.6 is 0 Å². The van der Waals surface area contributed by atoms with Crippen LogP contribution in [0.5, 0.6) is 0 Å². The first-order chi connectivity index (χ1) is 11.0. The Labute approximate surface area is 130 Å². The molecule has 0 spiro atoms. The summed E-state index contributed by atoms with van der Waals surface area (Å²) in [5, 5.41) is 21.2. The van der Waals surface area contributed by atoms with E-state index in [1.165, 1.54) is 30.3 Å². The Balaban J connectivity index is 2.02. The highest BCUT2D eigenvalue weighted by molar-refractivity contribution is 6.24. The number of nitro groups is 1. The third-order valence-electron chi connectivity index (χ3n) is 3.68. The molecule has 2 aromatic rings. The van der Waals surface area contributed by atoms with E-state index in [1.807, 2.05) is 0 Å². The van der Waals surface area contributed by atoms with Crippen molar-refractivity contribution in [1.82, 2.24) is 0 Å².